The van der Waals surface area contributed by atoms with E-state index in [1.54, 1.807) is 12.4 Å². The molecule has 1 atom stereocenters. The van der Waals surface area contributed by atoms with Crippen molar-refractivity contribution in [2.45, 2.75) is 26.3 Å². The molecule has 15 heavy (non-hydrogen) atoms. The molecule has 0 amide bonds. The summed E-state index contributed by atoms with van der Waals surface area (Å²) >= 11 is 0. The van der Waals surface area contributed by atoms with Gasteiger partial charge >= 0.3 is 0 Å². The van der Waals surface area contributed by atoms with Crippen molar-refractivity contribution in [2.75, 3.05) is 23.8 Å². The minimum Gasteiger partial charge on any atom is -0.394 e. The fraction of sp³-hybridized carbons (Fsp3) is 0.600. The zero-order chi connectivity index (χ0) is 11.1. The zero-order valence-corrected chi connectivity index (χ0v) is 9.20. The van der Waals surface area contributed by atoms with Crippen molar-refractivity contribution in [3.8, 4) is 0 Å². The topological polar surface area (TPSA) is 70.1 Å². The van der Waals surface area contributed by atoms with E-state index in [9.17, 15) is 0 Å². The van der Waals surface area contributed by atoms with Crippen molar-refractivity contribution in [2.24, 2.45) is 0 Å². The molecule has 0 aromatic carbocycles. The van der Waals surface area contributed by atoms with Crippen molar-refractivity contribution in [3.05, 3.63) is 12.4 Å². The van der Waals surface area contributed by atoms with E-state index >= 15 is 0 Å². The van der Waals surface area contributed by atoms with E-state index in [0.717, 1.165) is 18.8 Å². The van der Waals surface area contributed by atoms with Gasteiger partial charge in [-0.1, -0.05) is 6.92 Å². The molecule has 0 radical (unpaired) electrons. The highest BCUT2D eigenvalue weighted by Crippen LogP contribution is 2.07. The van der Waals surface area contributed by atoms with E-state index in [2.05, 4.69) is 27.5 Å². The second kappa shape index (κ2) is 6.19. The Balaban J connectivity index is 2.57. The minimum atomic E-state index is -0.0132. The minimum absolute atomic E-state index is 0.0132. The fourth-order valence-electron chi connectivity index (χ4n) is 1.07. The number of anilines is 2. The molecule has 5 nitrogen and oxygen atoms in total. The van der Waals surface area contributed by atoms with Crippen molar-refractivity contribution >= 4 is 11.6 Å². The summed E-state index contributed by atoms with van der Waals surface area (Å²) in [6.45, 7) is 4.94. The quantitative estimate of drug-likeness (QED) is 0.655. The van der Waals surface area contributed by atoms with Crippen molar-refractivity contribution < 1.29 is 5.11 Å². The van der Waals surface area contributed by atoms with Crippen LogP contribution in [0.2, 0.25) is 0 Å². The number of rotatable bonds is 6. The number of hydrogen-bond donors (Lipinski definition) is 3. The Bertz CT molecular complexity index is 293. The Morgan fingerprint density at radius 1 is 1.40 bits per heavy atom. The highest BCUT2D eigenvalue weighted by molar-refractivity contribution is 5.41. The largest absolute Gasteiger partial charge is 0.394 e. The second-order valence-electron chi connectivity index (χ2n) is 3.44. The third-order valence-corrected chi connectivity index (χ3v) is 1.86. The molecule has 0 saturated carbocycles. The molecule has 0 aliphatic rings. The summed E-state index contributed by atoms with van der Waals surface area (Å²) in [5.41, 5.74) is 0. The van der Waals surface area contributed by atoms with Crippen LogP contribution in [0.25, 0.3) is 0 Å². The van der Waals surface area contributed by atoms with Gasteiger partial charge in [0.25, 0.3) is 0 Å². The lowest BCUT2D eigenvalue weighted by Gasteiger charge is -2.12. The van der Waals surface area contributed by atoms with Gasteiger partial charge in [-0.3, -0.25) is 4.98 Å². The van der Waals surface area contributed by atoms with Gasteiger partial charge in [0.15, 0.2) is 0 Å². The van der Waals surface area contributed by atoms with Crippen molar-refractivity contribution in [1.29, 1.82) is 0 Å². The number of aliphatic hydroxyl groups excluding tert-OH is 1. The maximum absolute atomic E-state index is 8.88. The number of nitrogens with zero attached hydrogens (tertiary/aromatic N) is 2. The summed E-state index contributed by atoms with van der Waals surface area (Å²) in [4.78, 5) is 8.36. The molecule has 3 N–H and O–H groups in total. The third-order valence-electron chi connectivity index (χ3n) is 1.86. The van der Waals surface area contributed by atoms with Gasteiger partial charge in [0.1, 0.15) is 11.6 Å². The lowest BCUT2D eigenvalue weighted by molar-refractivity contribution is 0.281. The lowest BCUT2D eigenvalue weighted by atomic mass is 10.3. The molecule has 0 aliphatic heterocycles. The van der Waals surface area contributed by atoms with Crippen molar-refractivity contribution in [1.82, 2.24) is 9.97 Å². The van der Waals surface area contributed by atoms with Crippen LogP contribution in [0.5, 0.6) is 0 Å². The molecule has 0 fully saturated rings. The van der Waals surface area contributed by atoms with Gasteiger partial charge in [-0.15, -0.1) is 0 Å². The number of aliphatic hydroxyl groups is 1. The van der Waals surface area contributed by atoms with Gasteiger partial charge in [-0.2, -0.15) is 0 Å². The highest BCUT2D eigenvalue weighted by Gasteiger charge is 2.02. The maximum atomic E-state index is 8.88. The standard InChI is InChI=1S/C10H18N4O/c1-3-4-12-9-5-11-6-10(14-9)13-8(2)7-15/h5-6,8,15H,3-4,7H2,1-2H3,(H2,12,13,14). The highest BCUT2D eigenvalue weighted by atomic mass is 16.3. The Kier molecular flexibility index (Phi) is 4.83. The van der Waals surface area contributed by atoms with Gasteiger partial charge in [0.2, 0.25) is 0 Å². The molecule has 1 rings (SSSR count). The van der Waals surface area contributed by atoms with E-state index in [0.29, 0.717) is 5.82 Å². The maximum Gasteiger partial charge on any atom is 0.147 e. The molecular formula is C10H18N4O. The summed E-state index contributed by atoms with van der Waals surface area (Å²) in [5.74, 6) is 1.43. The molecule has 1 aromatic heterocycles. The molecule has 1 unspecified atom stereocenters. The van der Waals surface area contributed by atoms with Crippen LogP contribution in [-0.2, 0) is 0 Å². The van der Waals surface area contributed by atoms with E-state index < -0.39 is 0 Å². The van der Waals surface area contributed by atoms with Gasteiger partial charge in [0, 0.05) is 12.6 Å². The van der Waals surface area contributed by atoms with E-state index in [-0.39, 0.29) is 12.6 Å². The first-order chi connectivity index (χ1) is 7.26. The predicted octanol–water partition coefficient (Wildman–Crippen LogP) is 1.09. The first-order valence-electron chi connectivity index (χ1n) is 5.19. The first-order valence-corrected chi connectivity index (χ1v) is 5.19. The van der Waals surface area contributed by atoms with Gasteiger partial charge in [-0.05, 0) is 13.3 Å². The SMILES string of the molecule is CCCNc1cncc(NC(C)CO)n1. The Labute approximate surface area is 90.0 Å². The monoisotopic (exact) mass is 210 g/mol. The first kappa shape index (κ1) is 11.7. The second-order valence-corrected chi connectivity index (χ2v) is 3.44. The molecule has 84 valence electrons. The van der Waals surface area contributed by atoms with Crippen LogP contribution < -0.4 is 10.6 Å². The van der Waals surface area contributed by atoms with Crippen LogP contribution in [0.4, 0.5) is 11.6 Å². The molecule has 0 bridgehead atoms. The van der Waals surface area contributed by atoms with Crippen LogP contribution in [0.1, 0.15) is 20.3 Å². The third kappa shape index (κ3) is 4.12. The Morgan fingerprint density at radius 3 is 2.80 bits per heavy atom. The van der Waals surface area contributed by atoms with Crippen LogP contribution in [0, 0.1) is 0 Å². The molecule has 0 saturated heterocycles. The lowest BCUT2D eigenvalue weighted by Crippen LogP contribution is -2.20. The van der Waals surface area contributed by atoms with Crippen LogP contribution in [0.3, 0.4) is 0 Å². The summed E-state index contributed by atoms with van der Waals surface area (Å²) in [7, 11) is 0. The summed E-state index contributed by atoms with van der Waals surface area (Å²) in [6.07, 6.45) is 4.38. The molecule has 5 heteroatoms. The van der Waals surface area contributed by atoms with Gasteiger partial charge in [0.05, 0.1) is 19.0 Å². The van der Waals surface area contributed by atoms with Crippen LogP contribution >= 0.6 is 0 Å². The molecule has 0 spiro atoms. The summed E-state index contributed by atoms with van der Waals surface area (Å²) in [5, 5.41) is 15.1. The molecule has 1 aromatic rings. The van der Waals surface area contributed by atoms with Gasteiger partial charge < -0.3 is 15.7 Å². The van der Waals surface area contributed by atoms with Gasteiger partial charge in [-0.25, -0.2) is 4.98 Å². The Morgan fingerprint density at radius 2 is 2.13 bits per heavy atom. The molecule has 1 heterocycles. The number of nitrogens with one attached hydrogen (secondary N) is 2. The zero-order valence-electron chi connectivity index (χ0n) is 9.20. The number of hydrogen-bond acceptors (Lipinski definition) is 5. The summed E-state index contributed by atoms with van der Waals surface area (Å²) < 4.78 is 0. The smallest absolute Gasteiger partial charge is 0.147 e. The molecule has 0 aliphatic carbocycles. The van der Waals surface area contributed by atoms with E-state index in [1.807, 2.05) is 6.92 Å². The summed E-state index contributed by atoms with van der Waals surface area (Å²) in [6, 6.07) is -0.0132. The fourth-order valence-corrected chi connectivity index (χ4v) is 1.07. The van der Waals surface area contributed by atoms with Crippen LogP contribution in [0.15, 0.2) is 12.4 Å². The van der Waals surface area contributed by atoms with Crippen molar-refractivity contribution in [3.63, 3.8) is 0 Å². The molecular weight excluding hydrogens is 192 g/mol. The van der Waals surface area contributed by atoms with E-state index in [1.165, 1.54) is 0 Å². The normalized spacial score (nSPS) is 12.2. The predicted molar refractivity (Wildman–Crippen MR) is 61.0 cm³/mol. The Hall–Kier alpha value is -1.36. The average Bonchev–Trinajstić information content (AvgIpc) is 2.26. The number of aromatic nitrogens is 2. The van der Waals surface area contributed by atoms with Crippen LogP contribution in [-0.4, -0.2) is 34.3 Å². The van der Waals surface area contributed by atoms with E-state index in [4.69, 9.17) is 5.11 Å². The average molecular weight is 210 g/mol.